The van der Waals surface area contributed by atoms with E-state index in [-0.39, 0.29) is 5.56 Å². The third-order valence-corrected chi connectivity index (χ3v) is 5.88. The van der Waals surface area contributed by atoms with Crippen molar-refractivity contribution in [1.82, 2.24) is 29.9 Å². The Labute approximate surface area is 158 Å². The Kier molecular flexibility index (Phi) is 3.73. The molecule has 8 nitrogen and oxygen atoms in total. The molecular formula is C18H19N7OS. The molecule has 0 aromatic carbocycles. The molecular weight excluding hydrogens is 362 g/mol. The second-order valence-corrected chi connectivity index (χ2v) is 7.83. The van der Waals surface area contributed by atoms with E-state index in [0.29, 0.717) is 16.9 Å². The number of fused-ring (bicyclic) bond motifs is 2. The summed E-state index contributed by atoms with van der Waals surface area (Å²) in [5.41, 5.74) is 3.21. The van der Waals surface area contributed by atoms with E-state index in [4.69, 9.17) is 4.98 Å². The number of nitrogens with zero attached hydrogens (tertiary/aromatic N) is 5. The van der Waals surface area contributed by atoms with Crippen molar-refractivity contribution in [2.75, 3.05) is 31.1 Å². The minimum absolute atomic E-state index is 0.131. The fourth-order valence-electron chi connectivity index (χ4n) is 3.44. The van der Waals surface area contributed by atoms with Crippen molar-refractivity contribution in [3.8, 4) is 11.5 Å². The third-order valence-electron chi connectivity index (χ3n) is 4.79. The molecule has 2 N–H and O–H groups in total. The first-order chi connectivity index (χ1) is 13.1. The zero-order valence-corrected chi connectivity index (χ0v) is 15.9. The van der Waals surface area contributed by atoms with Crippen LogP contribution in [0.4, 0.5) is 5.00 Å². The molecule has 4 aromatic heterocycles. The molecule has 27 heavy (non-hydrogen) atoms. The summed E-state index contributed by atoms with van der Waals surface area (Å²) in [7, 11) is 0. The highest BCUT2D eigenvalue weighted by atomic mass is 32.1. The van der Waals surface area contributed by atoms with E-state index in [1.807, 2.05) is 32.2 Å². The second-order valence-electron chi connectivity index (χ2n) is 6.82. The van der Waals surface area contributed by atoms with Crippen molar-refractivity contribution in [3.63, 3.8) is 0 Å². The molecule has 0 unspecified atom stereocenters. The predicted octanol–water partition coefficient (Wildman–Crippen LogP) is 1.72. The van der Waals surface area contributed by atoms with Crippen molar-refractivity contribution >= 4 is 32.2 Å². The van der Waals surface area contributed by atoms with E-state index in [2.05, 4.69) is 25.3 Å². The van der Waals surface area contributed by atoms with Crippen molar-refractivity contribution in [2.24, 2.45) is 0 Å². The van der Waals surface area contributed by atoms with Crippen LogP contribution in [0.25, 0.3) is 27.4 Å². The van der Waals surface area contributed by atoms with E-state index in [0.717, 1.165) is 52.9 Å². The molecule has 0 atom stereocenters. The molecule has 1 saturated heterocycles. The number of anilines is 1. The molecule has 5 heterocycles. The Hall–Kier alpha value is -2.78. The number of piperazine rings is 1. The molecule has 5 rings (SSSR count). The third kappa shape index (κ3) is 2.79. The fourth-order valence-corrected chi connectivity index (χ4v) is 4.53. The van der Waals surface area contributed by atoms with Crippen molar-refractivity contribution in [3.05, 3.63) is 39.9 Å². The van der Waals surface area contributed by atoms with E-state index >= 15 is 0 Å². The molecule has 0 saturated carbocycles. The van der Waals surface area contributed by atoms with Gasteiger partial charge in [0.25, 0.3) is 5.56 Å². The lowest BCUT2D eigenvalue weighted by Crippen LogP contribution is -2.43. The summed E-state index contributed by atoms with van der Waals surface area (Å²) < 4.78 is 1.74. The van der Waals surface area contributed by atoms with Crippen molar-refractivity contribution < 1.29 is 0 Å². The van der Waals surface area contributed by atoms with Gasteiger partial charge >= 0.3 is 0 Å². The van der Waals surface area contributed by atoms with Gasteiger partial charge in [0.05, 0.1) is 22.3 Å². The Bertz CT molecular complexity index is 1220. The number of H-pyrrole nitrogens is 1. The first-order valence-corrected chi connectivity index (χ1v) is 9.74. The van der Waals surface area contributed by atoms with Gasteiger partial charge in [0.2, 0.25) is 0 Å². The largest absolute Gasteiger partial charge is 0.361 e. The highest BCUT2D eigenvalue weighted by Gasteiger charge is 2.17. The Morgan fingerprint density at radius 1 is 1.15 bits per heavy atom. The van der Waals surface area contributed by atoms with Gasteiger partial charge in [-0.25, -0.2) is 14.5 Å². The minimum atomic E-state index is -0.131. The Morgan fingerprint density at radius 2 is 1.96 bits per heavy atom. The van der Waals surface area contributed by atoms with E-state index in [9.17, 15) is 4.79 Å². The van der Waals surface area contributed by atoms with Crippen LogP contribution in [0.1, 0.15) is 11.3 Å². The maximum absolute atomic E-state index is 12.7. The molecule has 0 radical (unpaired) electrons. The molecule has 4 aromatic rings. The van der Waals surface area contributed by atoms with Crippen LogP contribution in [0, 0.1) is 13.8 Å². The van der Waals surface area contributed by atoms with Gasteiger partial charge in [-0.1, -0.05) is 11.3 Å². The van der Waals surface area contributed by atoms with Gasteiger partial charge in [0, 0.05) is 26.2 Å². The number of aromatic nitrogens is 5. The number of nitrogens with one attached hydrogen (secondary N) is 2. The molecule has 0 spiro atoms. The van der Waals surface area contributed by atoms with Gasteiger partial charge in [-0.15, -0.1) is 0 Å². The predicted molar refractivity (Wildman–Crippen MR) is 107 cm³/mol. The number of imidazole rings is 1. The standard InChI is InChI=1S/C18H19N7OS/c1-10-7-13(23-25-9-11(2)20-16(10)25)15-21-17(26)12-8-14(27-18(12)22-15)24-5-3-19-4-6-24/h7-9,19H,3-6H2,1-2H3,(H,21,22,26). The highest BCUT2D eigenvalue weighted by Crippen LogP contribution is 2.30. The lowest BCUT2D eigenvalue weighted by atomic mass is 10.2. The lowest BCUT2D eigenvalue weighted by Gasteiger charge is -2.27. The van der Waals surface area contributed by atoms with E-state index in [1.54, 1.807) is 15.9 Å². The molecule has 9 heteroatoms. The maximum atomic E-state index is 12.7. The van der Waals surface area contributed by atoms with Crippen LogP contribution >= 0.6 is 11.3 Å². The topological polar surface area (TPSA) is 91.2 Å². The molecule has 138 valence electrons. The number of hydrogen-bond donors (Lipinski definition) is 2. The minimum Gasteiger partial charge on any atom is -0.361 e. The summed E-state index contributed by atoms with van der Waals surface area (Å²) in [6.45, 7) is 7.71. The van der Waals surface area contributed by atoms with Crippen molar-refractivity contribution in [1.29, 1.82) is 0 Å². The van der Waals surface area contributed by atoms with E-state index < -0.39 is 0 Å². The Morgan fingerprint density at radius 3 is 2.78 bits per heavy atom. The monoisotopic (exact) mass is 381 g/mol. The van der Waals surface area contributed by atoms with Gasteiger partial charge in [-0.2, -0.15) is 5.10 Å². The Balaban J connectivity index is 1.62. The van der Waals surface area contributed by atoms with Crippen LogP contribution in [-0.2, 0) is 0 Å². The van der Waals surface area contributed by atoms with Gasteiger partial charge in [0.15, 0.2) is 11.5 Å². The number of thiophene rings is 1. The quantitative estimate of drug-likeness (QED) is 0.549. The van der Waals surface area contributed by atoms with Crippen LogP contribution in [0.2, 0.25) is 0 Å². The number of aromatic amines is 1. The first-order valence-electron chi connectivity index (χ1n) is 8.92. The summed E-state index contributed by atoms with van der Waals surface area (Å²) in [6.07, 6.45) is 1.87. The summed E-state index contributed by atoms with van der Waals surface area (Å²) in [4.78, 5) is 27.8. The SMILES string of the molecule is Cc1cn2nc(-c3nc4sc(N5CCNCC5)cc4c(=O)[nH]3)cc(C)c2n1. The van der Waals surface area contributed by atoms with Gasteiger partial charge in [-0.3, -0.25) is 4.79 Å². The number of rotatable bonds is 2. The molecule has 1 aliphatic heterocycles. The van der Waals surface area contributed by atoms with Crippen LogP contribution in [0.3, 0.4) is 0 Å². The summed E-state index contributed by atoms with van der Waals surface area (Å²) >= 11 is 1.56. The average molecular weight is 381 g/mol. The second kappa shape index (κ2) is 6.14. The maximum Gasteiger partial charge on any atom is 0.260 e. The molecule has 0 amide bonds. The first kappa shape index (κ1) is 16.4. The zero-order valence-electron chi connectivity index (χ0n) is 15.1. The van der Waals surface area contributed by atoms with Crippen LogP contribution in [-0.4, -0.2) is 50.7 Å². The normalized spacial score (nSPS) is 15.1. The summed E-state index contributed by atoms with van der Waals surface area (Å²) in [6, 6.07) is 3.86. The molecule has 1 aliphatic rings. The molecule has 0 bridgehead atoms. The number of aryl methyl sites for hydroxylation is 2. The van der Waals surface area contributed by atoms with Crippen molar-refractivity contribution in [2.45, 2.75) is 13.8 Å². The van der Waals surface area contributed by atoms with Gasteiger partial charge < -0.3 is 15.2 Å². The summed E-state index contributed by atoms with van der Waals surface area (Å²) in [5.74, 6) is 0.484. The highest BCUT2D eigenvalue weighted by molar-refractivity contribution is 7.22. The van der Waals surface area contributed by atoms with Gasteiger partial charge in [0.1, 0.15) is 10.5 Å². The van der Waals surface area contributed by atoms with E-state index in [1.165, 1.54) is 0 Å². The lowest BCUT2D eigenvalue weighted by molar-refractivity contribution is 0.592. The average Bonchev–Trinajstić information content (AvgIpc) is 3.26. The zero-order chi connectivity index (χ0) is 18.5. The number of hydrogen-bond acceptors (Lipinski definition) is 7. The van der Waals surface area contributed by atoms with Crippen LogP contribution < -0.4 is 15.8 Å². The summed E-state index contributed by atoms with van der Waals surface area (Å²) in [5, 5.41) is 9.65. The fraction of sp³-hybridized carbons (Fsp3) is 0.333. The molecule has 1 fully saturated rings. The van der Waals surface area contributed by atoms with Gasteiger partial charge in [-0.05, 0) is 31.5 Å². The molecule has 0 aliphatic carbocycles. The smallest absolute Gasteiger partial charge is 0.260 e. The van der Waals surface area contributed by atoms with Crippen LogP contribution in [0.15, 0.2) is 23.1 Å². The van der Waals surface area contributed by atoms with Crippen LogP contribution in [0.5, 0.6) is 0 Å².